The van der Waals surface area contributed by atoms with Crippen LogP contribution in [0.1, 0.15) is 11.5 Å². The third kappa shape index (κ3) is 4.27. The third-order valence-corrected chi connectivity index (χ3v) is 4.94. The summed E-state index contributed by atoms with van der Waals surface area (Å²) < 4.78 is 11.1. The van der Waals surface area contributed by atoms with Gasteiger partial charge in [0.25, 0.3) is 0 Å². The van der Waals surface area contributed by atoms with E-state index in [2.05, 4.69) is 42.6 Å². The standard InChI is InChI=1S/C21H21N7O2/c1-2-4-18(5-3-1)21-24-22-19(30-21)15-28-25-20(23-26-28)17-8-6-16(7-9-17)14-27-10-12-29-13-11-27/h1-9H,10-15H2. The molecule has 9 heteroatoms. The summed E-state index contributed by atoms with van der Waals surface area (Å²) in [6, 6.07) is 17.9. The summed E-state index contributed by atoms with van der Waals surface area (Å²) in [4.78, 5) is 3.85. The Bertz CT molecular complexity index is 1090. The van der Waals surface area contributed by atoms with Crippen molar-refractivity contribution in [1.29, 1.82) is 0 Å². The summed E-state index contributed by atoms with van der Waals surface area (Å²) in [6.45, 7) is 4.74. The van der Waals surface area contributed by atoms with E-state index in [1.54, 1.807) is 0 Å². The first-order valence-corrected chi connectivity index (χ1v) is 9.88. The van der Waals surface area contributed by atoms with Crippen LogP contribution >= 0.6 is 0 Å². The van der Waals surface area contributed by atoms with Gasteiger partial charge in [0.05, 0.1) is 13.2 Å². The number of tetrazole rings is 1. The molecule has 0 saturated carbocycles. The molecule has 1 aliphatic rings. The Kier molecular flexibility index (Phi) is 5.28. The number of benzene rings is 2. The molecule has 0 amide bonds. The van der Waals surface area contributed by atoms with E-state index in [0.29, 0.717) is 17.6 Å². The van der Waals surface area contributed by atoms with Gasteiger partial charge < -0.3 is 9.15 Å². The monoisotopic (exact) mass is 403 g/mol. The molecule has 2 aromatic heterocycles. The van der Waals surface area contributed by atoms with Gasteiger partial charge in [-0.15, -0.1) is 20.4 Å². The van der Waals surface area contributed by atoms with E-state index in [-0.39, 0.29) is 6.54 Å². The molecule has 9 nitrogen and oxygen atoms in total. The van der Waals surface area contributed by atoms with Crippen LogP contribution in [0.4, 0.5) is 0 Å². The van der Waals surface area contributed by atoms with Crippen molar-refractivity contribution in [3.8, 4) is 22.8 Å². The minimum atomic E-state index is 0.266. The number of aromatic nitrogens is 6. The van der Waals surface area contributed by atoms with Crippen molar-refractivity contribution in [2.45, 2.75) is 13.1 Å². The Labute approximate surface area is 173 Å². The maximum atomic E-state index is 5.71. The molecule has 0 radical (unpaired) electrons. The van der Waals surface area contributed by atoms with E-state index in [1.807, 2.05) is 42.5 Å². The zero-order chi connectivity index (χ0) is 20.2. The van der Waals surface area contributed by atoms with Gasteiger partial charge >= 0.3 is 0 Å². The lowest BCUT2D eigenvalue weighted by molar-refractivity contribution is 0.0342. The molecule has 0 atom stereocenters. The molecule has 0 aliphatic carbocycles. The largest absolute Gasteiger partial charge is 0.419 e. The summed E-state index contributed by atoms with van der Waals surface area (Å²) in [5.74, 6) is 1.47. The maximum absolute atomic E-state index is 5.71. The number of hydrogen-bond donors (Lipinski definition) is 0. The lowest BCUT2D eigenvalue weighted by atomic mass is 10.1. The molecule has 0 N–H and O–H groups in total. The fraction of sp³-hybridized carbons (Fsp3) is 0.286. The highest BCUT2D eigenvalue weighted by molar-refractivity contribution is 5.54. The molecule has 30 heavy (non-hydrogen) atoms. The summed E-state index contributed by atoms with van der Waals surface area (Å²) in [6.07, 6.45) is 0. The summed E-state index contributed by atoms with van der Waals surface area (Å²) in [7, 11) is 0. The molecular weight excluding hydrogens is 382 g/mol. The summed E-state index contributed by atoms with van der Waals surface area (Å²) in [5, 5.41) is 20.9. The second-order valence-electron chi connectivity index (χ2n) is 7.10. The van der Waals surface area contributed by atoms with Crippen LogP contribution in [0.5, 0.6) is 0 Å². The molecule has 152 valence electrons. The van der Waals surface area contributed by atoms with E-state index >= 15 is 0 Å². The predicted octanol–water partition coefficient (Wildman–Crippen LogP) is 2.27. The number of nitrogens with zero attached hydrogens (tertiary/aromatic N) is 7. The highest BCUT2D eigenvalue weighted by Gasteiger charge is 2.13. The van der Waals surface area contributed by atoms with E-state index < -0.39 is 0 Å². The first-order valence-electron chi connectivity index (χ1n) is 9.88. The number of rotatable bonds is 6. The van der Waals surface area contributed by atoms with Crippen molar-refractivity contribution in [3.05, 3.63) is 66.1 Å². The smallest absolute Gasteiger partial charge is 0.247 e. The zero-order valence-corrected chi connectivity index (χ0v) is 16.4. The molecule has 4 aromatic rings. The second-order valence-corrected chi connectivity index (χ2v) is 7.10. The maximum Gasteiger partial charge on any atom is 0.247 e. The topological polar surface area (TPSA) is 95.0 Å². The van der Waals surface area contributed by atoms with Crippen molar-refractivity contribution >= 4 is 0 Å². The average Bonchev–Trinajstić information content (AvgIpc) is 3.46. The van der Waals surface area contributed by atoms with E-state index in [1.165, 1.54) is 10.4 Å². The molecule has 0 unspecified atom stereocenters. The minimum Gasteiger partial charge on any atom is -0.419 e. The van der Waals surface area contributed by atoms with Gasteiger partial charge in [-0.25, -0.2) is 0 Å². The Morgan fingerprint density at radius 1 is 0.800 bits per heavy atom. The number of morpholine rings is 1. The van der Waals surface area contributed by atoms with Crippen molar-refractivity contribution in [1.82, 2.24) is 35.3 Å². The van der Waals surface area contributed by atoms with Gasteiger partial charge in [-0.1, -0.05) is 42.5 Å². The van der Waals surface area contributed by atoms with Crippen molar-refractivity contribution < 1.29 is 9.15 Å². The predicted molar refractivity (Wildman–Crippen MR) is 108 cm³/mol. The molecule has 0 spiro atoms. The van der Waals surface area contributed by atoms with Crippen LogP contribution in [0.2, 0.25) is 0 Å². The SMILES string of the molecule is c1ccc(-c2nnc(Cn3nnc(-c4ccc(CN5CCOCC5)cc4)n3)o2)cc1. The van der Waals surface area contributed by atoms with Crippen LogP contribution in [0, 0.1) is 0 Å². The highest BCUT2D eigenvalue weighted by atomic mass is 16.5. The molecule has 1 aliphatic heterocycles. The molecular formula is C21H21N7O2. The van der Waals surface area contributed by atoms with Crippen LogP contribution < -0.4 is 0 Å². The third-order valence-electron chi connectivity index (χ3n) is 4.94. The summed E-state index contributed by atoms with van der Waals surface area (Å²) >= 11 is 0. The van der Waals surface area contributed by atoms with E-state index in [9.17, 15) is 0 Å². The first-order chi connectivity index (χ1) is 14.8. The summed E-state index contributed by atoms with van der Waals surface area (Å²) in [5.41, 5.74) is 3.05. The van der Waals surface area contributed by atoms with Crippen molar-refractivity contribution in [3.63, 3.8) is 0 Å². The highest BCUT2D eigenvalue weighted by Crippen LogP contribution is 2.18. The van der Waals surface area contributed by atoms with E-state index in [0.717, 1.165) is 44.0 Å². The molecule has 1 saturated heterocycles. The molecule has 3 heterocycles. The minimum absolute atomic E-state index is 0.266. The average molecular weight is 403 g/mol. The van der Waals surface area contributed by atoms with Gasteiger partial charge in [-0.05, 0) is 22.9 Å². The van der Waals surface area contributed by atoms with Gasteiger partial charge in [-0.3, -0.25) is 4.90 Å². The lowest BCUT2D eigenvalue weighted by Crippen LogP contribution is -2.35. The van der Waals surface area contributed by atoms with Crippen LogP contribution in [0.3, 0.4) is 0 Å². The van der Waals surface area contributed by atoms with Gasteiger partial charge in [-0.2, -0.15) is 4.80 Å². The molecule has 5 rings (SSSR count). The first kappa shape index (κ1) is 18.6. The van der Waals surface area contributed by atoms with Crippen LogP contribution in [-0.4, -0.2) is 61.6 Å². The van der Waals surface area contributed by atoms with Gasteiger partial charge in [0.1, 0.15) is 6.54 Å². The van der Waals surface area contributed by atoms with Gasteiger partial charge in [0.2, 0.25) is 17.6 Å². The quantitative estimate of drug-likeness (QED) is 0.484. The fourth-order valence-electron chi connectivity index (χ4n) is 3.34. The Balaban J connectivity index is 1.24. The molecule has 0 bridgehead atoms. The normalized spacial score (nSPS) is 14.8. The number of hydrogen-bond acceptors (Lipinski definition) is 8. The van der Waals surface area contributed by atoms with Crippen LogP contribution in [0.25, 0.3) is 22.8 Å². The zero-order valence-electron chi connectivity index (χ0n) is 16.4. The second kappa shape index (κ2) is 8.52. The van der Waals surface area contributed by atoms with Gasteiger partial charge in [0.15, 0.2) is 0 Å². The van der Waals surface area contributed by atoms with Crippen LogP contribution in [0.15, 0.2) is 59.0 Å². The lowest BCUT2D eigenvalue weighted by Gasteiger charge is -2.26. The van der Waals surface area contributed by atoms with Crippen molar-refractivity contribution in [2.75, 3.05) is 26.3 Å². The van der Waals surface area contributed by atoms with Crippen LogP contribution in [-0.2, 0) is 17.8 Å². The molecule has 1 fully saturated rings. The Morgan fingerprint density at radius 2 is 1.60 bits per heavy atom. The Hall–Kier alpha value is -3.43. The van der Waals surface area contributed by atoms with Gasteiger partial charge in [0, 0.05) is 30.8 Å². The Morgan fingerprint density at radius 3 is 2.40 bits per heavy atom. The van der Waals surface area contributed by atoms with E-state index in [4.69, 9.17) is 9.15 Å². The molecule has 2 aromatic carbocycles. The fourth-order valence-corrected chi connectivity index (χ4v) is 3.34. The number of ether oxygens (including phenoxy) is 1. The van der Waals surface area contributed by atoms with Crippen molar-refractivity contribution in [2.24, 2.45) is 0 Å².